The Balaban J connectivity index is 2.59. The molecular formula is C13H18BrNO2. The number of ether oxygens (including phenoxy) is 1. The van der Waals surface area contributed by atoms with Crippen molar-refractivity contribution in [3.63, 3.8) is 0 Å². The van der Waals surface area contributed by atoms with Crippen molar-refractivity contribution >= 4 is 27.5 Å². The summed E-state index contributed by atoms with van der Waals surface area (Å²) in [5.41, 5.74) is 1.53. The van der Waals surface area contributed by atoms with Crippen LogP contribution in [0, 0.1) is 6.92 Å². The van der Waals surface area contributed by atoms with Gasteiger partial charge in [0.05, 0.1) is 5.60 Å². The van der Waals surface area contributed by atoms with Crippen LogP contribution in [0.2, 0.25) is 0 Å². The van der Waals surface area contributed by atoms with E-state index in [2.05, 4.69) is 21.2 Å². The van der Waals surface area contributed by atoms with Crippen molar-refractivity contribution in [2.75, 3.05) is 11.9 Å². The fourth-order valence-electron chi connectivity index (χ4n) is 1.20. The summed E-state index contributed by atoms with van der Waals surface area (Å²) in [5, 5.41) is 2.83. The lowest BCUT2D eigenvalue weighted by molar-refractivity contribution is -0.125. The number of carbonyl (C=O) groups excluding carboxylic acids is 1. The Labute approximate surface area is 111 Å². The SMILES string of the molecule is Cc1ccc(Br)cc1NC(=O)COC(C)(C)C. The fourth-order valence-corrected chi connectivity index (χ4v) is 1.56. The monoisotopic (exact) mass is 299 g/mol. The van der Waals surface area contributed by atoms with Crippen LogP contribution in [0.15, 0.2) is 22.7 Å². The van der Waals surface area contributed by atoms with Gasteiger partial charge in [0.1, 0.15) is 6.61 Å². The van der Waals surface area contributed by atoms with Crippen molar-refractivity contribution in [1.82, 2.24) is 0 Å². The zero-order valence-electron chi connectivity index (χ0n) is 10.6. The molecule has 0 saturated heterocycles. The first-order valence-electron chi connectivity index (χ1n) is 5.48. The summed E-state index contributed by atoms with van der Waals surface area (Å²) in [6, 6.07) is 5.77. The normalized spacial score (nSPS) is 11.4. The molecule has 0 spiro atoms. The summed E-state index contributed by atoms with van der Waals surface area (Å²) in [7, 11) is 0. The van der Waals surface area contributed by atoms with Crippen molar-refractivity contribution < 1.29 is 9.53 Å². The second-order valence-electron chi connectivity index (χ2n) is 4.91. The minimum Gasteiger partial charge on any atom is -0.366 e. The highest BCUT2D eigenvalue weighted by Crippen LogP contribution is 2.20. The van der Waals surface area contributed by atoms with Gasteiger partial charge in [-0.2, -0.15) is 0 Å². The van der Waals surface area contributed by atoms with Gasteiger partial charge >= 0.3 is 0 Å². The Morgan fingerprint density at radius 3 is 2.65 bits per heavy atom. The van der Waals surface area contributed by atoms with Crippen LogP contribution in [0.1, 0.15) is 26.3 Å². The summed E-state index contributed by atoms with van der Waals surface area (Å²) in [4.78, 5) is 11.7. The molecule has 1 aromatic carbocycles. The van der Waals surface area contributed by atoms with Crippen LogP contribution in [0.25, 0.3) is 0 Å². The largest absolute Gasteiger partial charge is 0.366 e. The second kappa shape index (κ2) is 5.65. The van der Waals surface area contributed by atoms with Crippen LogP contribution in [-0.2, 0) is 9.53 Å². The smallest absolute Gasteiger partial charge is 0.250 e. The van der Waals surface area contributed by atoms with Gasteiger partial charge in [0.2, 0.25) is 5.91 Å². The van der Waals surface area contributed by atoms with E-state index in [1.165, 1.54) is 0 Å². The van der Waals surface area contributed by atoms with Gasteiger partial charge in [0, 0.05) is 10.2 Å². The van der Waals surface area contributed by atoms with Crippen molar-refractivity contribution in [3.8, 4) is 0 Å². The minimum absolute atomic E-state index is 0.0649. The van der Waals surface area contributed by atoms with Crippen LogP contribution >= 0.6 is 15.9 Å². The first-order chi connectivity index (χ1) is 7.78. The molecule has 4 heteroatoms. The van der Waals surface area contributed by atoms with E-state index in [4.69, 9.17) is 4.74 Å². The molecule has 0 atom stereocenters. The molecule has 0 radical (unpaired) electrons. The number of carbonyl (C=O) groups is 1. The summed E-state index contributed by atoms with van der Waals surface area (Å²) in [6.07, 6.45) is 0. The van der Waals surface area contributed by atoms with Gasteiger partial charge in [-0.3, -0.25) is 4.79 Å². The molecule has 0 heterocycles. The Hall–Kier alpha value is -0.870. The van der Waals surface area contributed by atoms with Crippen LogP contribution in [0.3, 0.4) is 0 Å². The topological polar surface area (TPSA) is 38.3 Å². The first kappa shape index (κ1) is 14.2. The summed E-state index contributed by atoms with van der Waals surface area (Å²) < 4.78 is 6.35. The fraction of sp³-hybridized carbons (Fsp3) is 0.462. The Kier molecular flexibility index (Phi) is 4.71. The molecule has 94 valence electrons. The maximum atomic E-state index is 11.7. The quantitative estimate of drug-likeness (QED) is 0.927. The predicted molar refractivity (Wildman–Crippen MR) is 73.2 cm³/mol. The number of aryl methyl sites for hydroxylation is 1. The lowest BCUT2D eigenvalue weighted by Crippen LogP contribution is -2.27. The number of benzene rings is 1. The van der Waals surface area contributed by atoms with Gasteiger partial charge in [-0.25, -0.2) is 0 Å². The van der Waals surface area contributed by atoms with E-state index >= 15 is 0 Å². The van der Waals surface area contributed by atoms with Crippen LogP contribution in [0.5, 0.6) is 0 Å². The first-order valence-corrected chi connectivity index (χ1v) is 6.27. The van der Waals surface area contributed by atoms with E-state index in [0.29, 0.717) is 0 Å². The lowest BCUT2D eigenvalue weighted by atomic mass is 10.2. The molecule has 1 amide bonds. The number of anilines is 1. The van der Waals surface area contributed by atoms with Gasteiger partial charge in [0.25, 0.3) is 0 Å². The molecule has 0 aliphatic carbocycles. The van der Waals surface area contributed by atoms with Crippen molar-refractivity contribution in [3.05, 3.63) is 28.2 Å². The van der Waals surface area contributed by atoms with Crippen molar-refractivity contribution in [1.29, 1.82) is 0 Å². The molecule has 0 aliphatic rings. The molecule has 0 fully saturated rings. The van der Waals surface area contributed by atoms with Crippen molar-refractivity contribution in [2.45, 2.75) is 33.3 Å². The Morgan fingerprint density at radius 2 is 2.06 bits per heavy atom. The summed E-state index contributed by atoms with van der Waals surface area (Å²) in [6.45, 7) is 7.78. The van der Waals surface area contributed by atoms with Gasteiger partial charge in [-0.15, -0.1) is 0 Å². The van der Waals surface area contributed by atoms with E-state index < -0.39 is 0 Å². The number of hydrogen-bond donors (Lipinski definition) is 1. The molecule has 0 unspecified atom stereocenters. The van der Waals surface area contributed by atoms with Crippen LogP contribution in [0.4, 0.5) is 5.69 Å². The van der Waals surface area contributed by atoms with Gasteiger partial charge in [-0.05, 0) is 45.4 Å². The molecular weight excluding hydrogens is 282 g/mol. The second-order valence-corrected chi connectivity index (χ2v) is 5.82. The number of hydrogen-bond acceptors (Lipinski definition) is 2. The predicted octanol–water partition coefficient (Wildman–Crippen LogP) is 3.51. The van der Waals surface area contributed by atoms with Crippen LogP contribution in [-0.4, -0.2) is 18.1 Å². The molecule has 0 bridgehead atoms. The van der Waals surface area contributed by atoms with Crippen LogP contribution < -0.4 is 5.32 Å². The van der Waals surface area contributed by atoms with E-state index in [1.54, 1.807) is 0 Å². The zero-order chi connectivity index (χ0) is 13.1. The lowest BCUT2D eigenvalue weighted by Gasteiger charge is -2.19. The molecule has 0 aromatic heterocycles. The maximum absolute atomic E-state index is 11.7. The van der Waals surface area contributed by atoms with Gasteiger partial charge in [0.15, 0.2) is 0 Å². The third-order valence-corrected chi connectivity index (χ3v) is 2.60. The molecule has 0 saturated carbocycles. The standard InChI is InChI=1S/C13H18BrNO2/c1-9-5-6-10(14)7-11(9)15-12(16)8-17-13(2,3)4/h5-7H,8H2,1-4H3,(H,15,16). The third kappa shape index (κ3) is 5.33. The van der Waals surface area contributed by atoms with E-state index in [0.717, 1.165) is 15.7 Å². The number of rotatable bonds is 3. The Bertz CT molecular complexity index is 410. The number of amides is 1. The number of halogens is 1. The highest BCUT2D eigenvalue weighted by Gasteiger charge is 2.13. The minimum atomic E-state index is -0.302. The highest BCUT2D eigenvalue weighted by molar-refractivity contribution is 9.10. The van der Waals surface area contributed by atoms with E-state index in [9.17, 15) is 4.79 Å². The van der Waals surface area contributed by atoms with Gasteiger partial charge in [-0.1, -0.05) is 22.0 Å². The summed E-state index contributed by atoms with van der Waals surface area (Å²) >= 11 is 3.37. The average Bonchev–Trinajstić information content (AvgIpc) is 2.20. The Morgan fingerprint density at radius 1 is 1.41 bits per heavy atom. The highest BCUT2D eigenvalue weighted by atomic mass is 79.9. The summed E-state index contributed by atoms with van der Waals surface area (Å²) in [5.74, 6) is -0.138. The van der Waals surface area contributed by atoms with E-state index in [1.807, 2.05) is 45.9 Å². The molecule has 0 aliphatic heterocycles. The molecule has 1 N–H and O–H groups in total. The molecule has 3 nitrogen and oxygen atoms in total. The maximum Gasteiger partial charge on any atom is 0.250 e. The zero-order valence-corrected chi connectivity index (χ0v) is 12.2. The average molecular weight is 300 g/mol. The van der Waals surface area contributed by atoms with Gasteiger partial charge < -0.3 is 10.1 Å². The number of nitrogens with one attached hydrogen (secondary N) is 1. The third-order valence-electron chi connectivity index (χ3n) is 2.11. The molecule has 1 rings (SSSR count). The van der Waals surface area contributed by atoms with Crippen molar-refractivity contribution in [2.24, 2.45) is 0 Å². The molecule has 1 aromatic rings. The van der Waals surface area contributed by atoms with E-state index in [-0.39, 0.29) is 18.1 Å². The molecule has 17 heavy (non-hydrogen) atoms.